The molecular formula is C15H22N6O5. The smallest absolute Gasteiger partial charge is 0.328 e. The lowest BCUT2D eigenvalue weighted by Crippen LogP contribution is -2.59. The lowest BCUT2D eigenvalue weighted by Gasteiger charge is -2.27. The van der Waals surface area contributed by atoms with Crippen LogP contribution in [-0.4, -0.2) is 63.2 Å². The summed E-state index contributed by atoms with van der Waals surface area (Å²) in [6, 6.07) is -0.0887. The summed E-state index contributed by atoms with van der Waals surface area (Å²) in [4.78, 5) is 43.6. The number of carbonyl (C=O) groups excluding carboxylic acids is 3. The molecule has 3 heterocycles. The number of nitrogens with zero attached hydrogens (tertiary/aromatic N) is 2. The zero-order valence-electron chi connectivity index (χ0n) is 14.1. The summed E-state index contributed by atoms with van der Waals surface area (Å²) in [6.07, 6.45) is 5.21. The molecule has 0 aliphatic carbocycles. The van der Waals surface area contributed by atoms with E-state index in [1.54, 1.807) is 12.3 Å². The van der Waals surface area contributed by atoms with Crippen LogP contribution in [0.4, 0.5) is 0 Å². The van der Waals surface area contributed by atoms with Gasteiger partial charge in [-0.3, -0.25) is 19.1 Å². The van der Waals surface area contributed by atoms with Gasteiger partial charge in [-0.25, -0.2) is 4.79 Å². The van der Waals surface area contributed by atoms with Crippen molar-refractivity contribution in [3.8, 4) is 0 Å². The van der Waals surface area contributed by atoms with Crippen molar-refractivity contribution < 1.29 is 24.3 Å². The highest BCUT2D eigenvalue weighted by atomic mass is 16.4. The summed E-state index contributed by atoms with van der Waals surface area (Å²) >= 11 is 0. The molecule has 11 heteroatoms. The standard InChI is InChI=1S/C10H12N4O4.C5H10N2O/c15-8-4-6(12-8)9(16)13-7(10(17)18)5-14-3-1-2-11-14;6-5(8)4-2-1-3-7-4/h1-3,6-7H,4-5H2,(H,12,15)(H,13,16)(H,17,18);4,7H,1-3H2,(H2,6,8)/t6-,7?;4-/m00/s1. The number of primary amides is 1. The van der Waals surface area contributed by atoms with E-state index in [0.717, 1.165) is 19.4 Å². The molecule has 2 fully saturated rings. The van der Waals surface area contributed by atoms with E-state index in [-0.39, 0.29) is 30.8 Å². The Balaban J connectivity index is 0.000000254. The first kappa shape index (κ1) is 19.4. The van der Waals surface area contributed by atoms with E-state index in [2.05, 4.69) is 21.0 Å². The molecule has 2 saturated heterocycles. The van der Waals surface area contributed by atoms with Gasteiger partial charge in [0.2, 0.25) is 17.7 Å². The SMILES string of the molecule is NC(=O)[C@@H]1CCCN1.O=C1C[C@@H](C(=O)NC(Cn2cccn2)C(=O)O)N1. The zero-order chi connectivity index (χ0) is 19.1. The quantitative estimate of drug-likeness (QED) is 0.348. The number of aromatic nitrogens is 2. The zero-order valence-corrected chi connectivity index (χ0v) is 14.1. The van der Waals surface area contributed by atoms with Crippen LogP contribution in [-0.2, 0) is 25.7 Å². The molecule has 0 saturated carbocycles. The van der Waals surface area contributed by atoms with Gasteiger partial charge >= 0.3 is 5.97 Å². The van der Waals surface area contributed by atoms with Crippen molar-refractivity contribution in [3.63, 3.8) is 0 Å². The average molecular weight is 366 g/mol. The van der Waals surface area contributed by atoms with Crippen LogP contribution in [0.15, 0.2) is 18.5 Å². The third kappa shape index (κ3) is 5.55. The van der Waals surface area contributed by atoms with Gasteiger partial charge in [0.15, 0.2) is 0 Å². The van der Waals surface area contributed by atoms with Crippen molar-refractivity contribution in [1.29, 1.82) is 0 Å². The summed E-state index contributed by atoms with van der Waals surface area (Å²) in [5, 5.41) is 20.6. The number of hydrogen-bond donors (Lipinski definition) is 5. The molecular weight excluding hydrogens is 344 g/mol. The van der Waals surface area contributed by atoms with Gasteiger partial charge in [-0.2, -0.15) is 5.10 Å². The molecule has 0 bridgehead atoms. The van der Waals surface area contributed by atoms with Crippen molar-refractivity contribution in [1.82, 2.24) is 25.7 Å². The first-order valence-corrected chi connectivity index (χ1v) is 8.19. The highest BCUT2D eigenvalue weighted by Gasteiger charge is 2.34. The highest BCUT2D eigenvalue weighted by molar-refractivity contribution is 5.98. The molecule has 0 radical (unpaired) electrons. The number of rotatable bonds is 6. The van der Waals surface area contributed by atoms with E-state index in [9.17, 15) is 19.2 Å². The molecule has 1 aromatic heterocycles. The largest absolute Gasteiger partial charge is 0.480 e. The van der Waals surface area contributed by atoms with Crippen LogP contribution < -0.4 is 21.7 Å². The minimum atomic E-state index is -1.15. The Bertz CT molecular complexity index is 647. The fraction of sp³-hybridized carbons (Fsp3) is 0.533. The first-order chi connectivity index (χ1) is 12.4. The summed E-state index contributed by atoms with van der Waals surface area (Å²) in [5.74, 6) is -2.07. The van der Waals surface area contributed by atoms with Crippen molar-refractivity contribution in [3.05, 3.63) is 18.5 Å². The van der Waals surface area contributed by atoms with Crippen LogP contribution in [0.2, 0.25) is 0 Å². The van der Waals surface area contributed by atoms with Gasteiger partial charge in [0.1, 0.15) is 12.1 Å². The summed E-state index contributed by atoms with van der Waals surface area (Å²) in [5.41, 5.74) is 5.00. The van der Waals surface area contributed by atoms with E-state index in [0.29, 0.717) is 0 Å². The molecule has 1 unspecified atom stereocenters. The van der Waals surface area contributed by atoms with Crippen LogP contribution in [0, 0.1) is 0 Å². The summed E-state index contributed by atoms with van der Waals surface area (Å²) < 4.78 is 1.42. The third-order valence-corrected chi connectivity index (χ3v) is 3.99. The number of carbonyl (C=O) groups is 4. The van der Waals surface area contributed by atoms with E-state index < -0.39 is 24.0 Å². The fourth-order valence-electron chi connectivity index (χ4n) is 2.50. The second-order valence-electron chi connectivity index (χ2n) is 6.00. The number of β-lactam (4-membered cyclic amide) rings is 1. The molecule has 26 heavy (non-hydrogen) atoms. The van der Waals surface area contributed by atoms with Crippen LogP contribution in [0.1, 0.15) is 19.3 Å². The van der Waals surface area contributed by atoms with Crippen LogP contribution in [0.25, 0.3) is 0 Å². The van der Waals surface area contributed by atoms with Gasteiger partial charge in [0.25, 0.3) is 0 Å². The maximum atomic E-state index is 11.6. The summed E-state index contributed by atoms with van der Waals surface area (Å²) in [7, 11) is 0. The molecule has 1 aromatic rings. The Hall–Kier alpha value is -2.95. The van der Waals surface area contributed by atoms with Gasteiger partial charge < -0.3 is 26.8 Å². The molecule has 2 aliphatic heterocycles. The van der Waals surface area contributed by atoms with Crippen LogP contribution in [0.5, 0.6) is 0 Å². The van der Waals surface area contributed by atoms with Crippen LogP contribution in [0.3, 0.4) is 0 Å². The fourth-order valence-corrected chi connectivity index (χ4v) is 2.50. The predicted octanol–water partition coefficient (Wildman–Crippen LogP) is -2.44. The normalized spacial score (nSPS) is 22.2. The minimum absolute atomic E-state index is 0.0364. The van der Waals surface area contributed by atoms with Gasteiger partial charge in [-0.05, 0) is 25.5 Å². The van der Waals surface area contributed by atoms with Crippen LogP contribution >= 0.6 is 0 Å². The maximum absolute atomic E-state index is 11.6. The number of amides is 3. The Kier molecular flexibility index (Phi) is 6.67. The lowest BCUT2D eigenvalue weighted by molar-refractivity contribution is -0.144. The van der Waals surface area contributed by atoms with Crippen molar-refractivity contribution >= 4 is 23.7 Å². The van der Waals surface area contributed by atoms with Crippen molar-refractivity contribution in [2.45, 2.75) is 43.9 Å². The van der Waals surface area contributed by atoms with Gasteiger partial charge in [0, 0.05) is 12.4 Å². The molecule has 3 atom stereocenters. The molecule has 0 aromatic carbocycles. The Labute approximate surface area is 149 Å². The molecule has 142 valence electrons. The molecule has 3 amide bonds. The number of aliphatic carboxylic acids is 1. The maximum Gasteiger partial charge on any atom is 0.328 e. The van der Waals surface area contributed by atoms with Gasteiger partial charge in [-0.1, -0.05) is 0 Å². The molecule has 0 spiro atoms. The number of nitrogens with two attached hydrogens (primary N) is 1. The molecule has 2 aliphatic rings. The second kappa shape index (κ2) is 8.94. The Morgan fingerprint density at radius 2 is 2.15 bits per heavy atom. The van der Waals surface area contributed by atoms with E-state index >= 15 is 0 Å². The van der Waals surface area contributed by atoms with Crippen molar-refractivity contribution in [2.24, 2.45) is 5.73 Å². The van der Waals surface area contributed by atoms with E-state index in [4.69, 9.17) is 10.8 Å². The number of carboxylic acids is 1. The molecule has 6 N–H and O–H groups in total. The van der Waals surface area contributed by atoms with E-state index in [1.807, 2.05) is 0 Å². The van der Waals surface area contributed by atoms with E-state index in [1.165, 1.54) is 10.9 Å². The molecule has 11 nitrogen and oxygen atoms in total. The second-order valence-corrected chi connectivity index (χ2v) is 6.00. The number of hydrogen-bond acceptors (Lipinski definition) is 6. The average Bonchev–Trinajstić information content (AvgIpc) is 3.25. The van der Waals surface area contributed by atoms with Gasteiger partial charge in [0.05, 0.1) is 19.0 Å². The Morgan fingerprint density at radius 3 is 2.58 bits per heavy atom. The lowest BCUT2D eigenvalue weighted by atomic mass is 10.1. The minimum Gasteiger partial charge on any atom is -0.480 e. The predicted molar refractivity (Wildman–Crippen MR) is 88.6 cm³/mol. The molecule has 3 rings (SSSR count). The Morgan fingerprint density at radius 1 is 1.42 bits per heavy atom. The van der Waals surface area contributed by atoms with Gasteiger partial charge in [-0.15, -0.1) is 0 Å². The number of carboxylic acid groups (broad SMARTS) is 1. The summed E-state index contributed by atoms with van der Waals surface area (Å²) in [6.45, 7) is 0.975. The topological polar surface area (TPSA) is 168 Å². The monoisotopic (exact) mass is 366 g/mol. The number of nitrogens with one attached hydrogen (secondary N) is 3. The highest BCUT2D eigenvalue weighted by Crippen LogP contribution is 2.05. The first-order valence-electron chi connectivity index (χ1n) is 8.19. The third-order valence-electron chi connectivity index (χ3n) is 3.99. The van der Waals surface area contributed by atoms with Crippen molar-refractivity contribution in [2.75, 3.05) is 6.54 Å².